The third-order valence-corrected chi connectivity index (χ3v) is 15.8. The molecule has 71 heavy (non-hydrogen) atoms. The van der Waals surface area contributed by atoms with Crippen LogP contribution < -0.4 is 11.1 Å². The van der Waals surface area contributed by atoms with Crippen LogP contribution in [0.1, 0.15) is 140 Å². The normalized spacial score (nSPS) is 35.1. The summed E-state index contributed by atoms with van der Waals surface area (Å²) in [6.45, 7) is 19.0. The second kappa shape index (κ2) is 24.3. The average molecular weight is 1010 g/mol. The second-order valence-corrected chi connectivity index (χ2v) is 22.4. The summed E-state index contributed by atoms with van der Waals surface area (Å²) in [5.74, 6) is -5.55. The number of halogens is 1. The minimum absolute atomic E-state index is 0.000822. The lowest BCUT2D eigenvalue weighted by atomic mass is 9.65. The summed E-state index contributed by atoms with van der Waals surface area (Å²) in [5.41, 5.74) is 2.49. The number of likely N-dealkylation sites (N-methyl/N-ethyl adjacent to an activating group) is 1. The van der Waals surface area contributed by atoms with Crippen molar-refractivity contribution in [2.24, 2.45) is 50.9 Å². The molecule has 396 valence electrons. The van der Waals surface area contributed by atoms with Crippen LogP contribution in [0.25, 0.3) is 10.6 Å². The zero-order valence-electron chi connectivity index (χ0n) is 44.1. The Morgan fingerprint density at radius 1 is 1.10 bits per heavy atom. The van der Waals surface area contributed by atoms with Crippen LogP contribution in [0.2, 0.25) is 0 Å². The number of nitrogens with zero attached hydrogens (tertiary/aromatic N) is 5. The van der Waals surface area contributed by atoms with Gasteiger partial charge in [0, 0.05) is 47.2 Å². The first-order valence-corrected chi connectivity index (χ1v) is 26.2. The minimum Gasteiger partial charge on any atom is -0.457 e. The number of thiazole rings is 1. The van der Waals surface area contributed by atoms with Crippen molar-refractivity contribution in [1.29, 1.82) is 0 Å². The highest BCUT2D eigenvalue weighted by Crippen LogP contribution is 2.47. The maximum absolute atomic E-state index is 17.1. The number of alkyl halides is 1. The van der Waals surface area contributed by atoms with Gasteiger partial charge in [-0.15, -0.1) is 11.3 Å². The number of carbonyl (C=O) groups is 4. The molecular formula is C52H80FN7O10S. The number of hydrogen-bond acceptors (Lipinski definition) is 16. The van der Waals surface area contributed by atoms with Gasteiger partial charge in [0.2, 0.25) is 11.8 Å². The molecule has 19 heteroatoms. The van der Waals surface area contributed by atoms with Crippen molar-refractivity contribution >= 4 is 52.1 Å². The Bertz CT molecular complexity index is 2220. The van der Waals surface area contributed by atoms with Gasteiger partial charge in [-0.1, -0.05) is 60.5 Å². The number of fused-ring (bicyclic) bond motifs is 5. The predicted octanol–water partition coefficient (Wildman–Crippen LogP) is 7.46. The van der Waals surface area contributed by atoms with E-state index in [1.54, 1.807) is 38.4 Å². The number of ether oxygens (including phenoxy) is 3. The van der Waals surface area contributed by atoms with Gasteiger partial charge in [0.15, 0.2) is 18.7 Å². The molecule has 2 aromatic rings. The molecule has 2 amide bonds. The fourth-order valence-corrected chi connectivity index (χ4v) is 11.6. The van der Waals surface area contributed by atoms with Crippen molar-refractivity contribution in [2.45, 2.75) is 195 Å². The molecule has 2 bridgehead atoms. The quantitative estimate of drug-likeness (QED) is 0.0866. The molecule has 2 saturated heterocycles. The van der Waals surface area contributed by atoms with Gasteiger partial charge in [-0.3, -0.25) is 19.4 Å². The number of anilines is 1. The van der Waals surface area contributed by atoms with E-state index in [4.69, 9.17) is 34.9 Å². The molecule has 5 N–H and O–H groups in total. The largest absolute Gasteiger partial charge is 0.457 e. The number of pyridine rings is 1. The number of nitrogens with one attached hydrogen (secondary N) is 1. The fraction of sp³-hybridized carbons (Fsp3) is 0.731. The molecule has 0 spiro atoms. The van der Waals surface area contributed by atoms with E-state index in [1.165, 1.54) is 18.3 Å². The Kier molecular flexibility index (Phi) is 19.8. The molecule has 1 aliphatic carbocycles. The first-order valence-electron chi connectivity index (χ1n) is 25.3. The van der Waals surface area contributed by atoms with Crippen molar-refractivity contribution in [3.63, 3.8) is 0 Å². The summed E-state index contributed by atoms with van der Waals surface area (Å²) >= 11 is 1.36. The van der Waals surface area contributed by atoms with Crippen LogP contribution in [0, 0.1) is 35.0 Å². The van der Waals surface area contributed by atoms with Crippen molar-refractivity contribution in [2.75, 3.05) is 19.4 Å². The van der Waals surface area contributed by atoms with Crippen LogP contribution >= 0.6 is 11.3 Å². The fourth-order valence-electron chi connectivity index (χ4n) is 10.8. The zero-order valence-corrected chi connectivity index (χ0v) is 44.9. The molecule has 3 aliphatic rings. The number of carbonyl (C=O) groups excluding carboxylic acids is 4. The van der Waals surface area contributed by atoms with E-state index in [1.807, 2.05) is 66.6 Å². The van der Waals surface area contributed by atoms with Gasteiger partial charge in [0.25, 0.3) is 5.67 Å². The number of ketones is 1. The van der Waals surface area contributed by atoms with E-state index in [0.29, 0.717) is 60.0 Å². The number of esters is 1. The van der Waals surface area contributed by atoms with Gasteiger partial charge in [0.05, 0.1) is 29.7 Å². The highest BCUT2D eigenvalue weighted by Gasteiger charge is 2.56. The van der Waals surface area contributed by atoms with Crippen molar-refractivity contribution in [3.05, 3.63) is 29.4 Å². The van der Waals surface area contributed by atoms with E-state index >= 15 is 4.39 Å². The SMILES string of the molecule is CCC(=O)N=C1[C@H](C)C[C@@]2(C)CC/C(=N/OCc3ccc(-c4nc(NC(=O)[C@@H](N)CC(C)C)cs4)cn3)CC[C@H]([C@H]1C)[C@](C)(O)[C@@H](CC)OC(=O)[C@@](C)(F)C(=O)C(C)[C@H]2O[C@@H]1O[C@H](C)C[C@H](N(C)C)[C@H]1O. The van der Waals surface area contributed by atoms with Crippen LogP contribution in [0.15, 0.2) is 33.9 Å². The lowest BCUT2D eigenvalue weighted by Gasteiger charge is -2.48. The maximum atomic E-state index is 17.1. The average Bonchev–Trinajstić information content (AvgIpc) is 3.77. The molecule has 3 fully saturated rings. The topological polar surface area (TPSA) is 237 Å². The smallest absolute Gasteiger partial charge is 0.351 e. The molecule has 4 heterocycles. The van der Waals surface area contributed by atoms with Crippen LogP contribution in [-0.2, 0) is 44.8 Å². The Balaban J connectivity index is 1.57. The lowest BCUT2D eigenvalue weighted by Crippen LogP contribution is -2.59. The van der Waals surface area contributed by atoms with E-state index in [0.717, 1.165) is 12.5 Å². The summed E-state index contributed by atoms with van der Waals surface area (Å²) in [5, 5.41) is 34.4. The van der Waals surface area contributed by atoms with Gasteiger partial charge in [-0.25, -0.2) is 19.2 Å². The molecule has 0 radical (unpaired) electrons. The predicted molar refractivity (Wildman–Crippen MR) is 271 cm³/mol. The number of hydrogen-bond donors (Lipinski definition) is 4. The van der Waals surface area contributed by atoms with E-state index in [9.17, 15) is 29.4 Å². The number of rotatable bonds is 13. The van der Waals surface area contributed by atoms with Crippen molar-refractivity contribution < 1.29 is 52.8 Å². The summed E-state index contributed by atoms with van der Waals surface area (Å²) in [7, 11) is 3.69. The van der Waals surface area contributed by atoms with Crippen LogP contribution in [0.3, 0.4) is 0 Å². The molecule has 0 aromatic carbocycles. The highest BCUT2D eigenvalue weighted by molar-refractivity contribution is 7.13. The molecule has 1 unspecified atom stereocenters. The van der Waals surface area contributed by atoms with Gasteiger partial charge in [-0.05, 0) is 122 Å². The number of aliphatic hydroxyl groups is 2. The number of aromatic nitrogens is 2. The summed E-state index contributed by atoms with van der Waals surface area (Å²) in [4.78, 5) is 76.4. The Hall–Kier alpha value is -4.11. The van der Waals surface area contributed by atoms with E-state index in [-0.39, 0.29) is 62.2 Å². The van der Waals surface area contributed by atoms with Gasteiger partial charge >= 0.3 is 5.97 Å². The van der Waals surface area contributed by atoms with Crippen molar-refractivity contribution in [1.82, 2.24) is 14.9 Å². The Morgan fingerprint density at radius 3 is 2.42 bits per heavy atom. The van der Waals surface area contributed by atoms with Gasteiger partial charge in [-0.2, -0.15) is 0 Å². The molecule has 2 aliphatic heterocycles. The van der Waals surface area contributed by atoms with Crippen molar-refractivity contribution in [3.8, 4) is 10.6 Å². The van der Waals surface area contributed by atoms with Gasteiger partial charge < -0.3 is 45.2 Å². The highest BCUT2D eigenvalue weighted by atomic mass is 32.1. The summed E-state index contributed by atoms with van der Waals surface area (Å²) in [6, 6.07) is 2.64. The standard InChI is InChI=1S/C52H80FN7O10S/c1-14-39-52(11,66)36-19-18-34(59-67-26-35-17-16-33(25-55-35)47-57-40(27-71-47)56-46(64)37(54)22-28(3)4)20-21-50(9,24-29(5)42(31(36)7)58-41(61)15-2)45(32(8)44(63)51(10,53)49(65)69-39)70-48-43(62)38(60(12)13)23-30(6)68-48/h16-17,25,27-32,36-39,43,45,48,62,66H,14-15,18-24,26,54H2,1-13H3,(H,56,64)/b58-42?,59-34+/t29-,30-,31-,32?,36-,37+,38+,39-,43-,45-,48+,50-,51+,52+/m1/s1. The number of nitrogens with two attached hydrogens (primary N) is 1. The van der Waals surface area contributed by atoms with Gasteiger partial charge in [0.1, 0.15) is 28.6 Å². The number of amides is 2. The molecule has 2 aromatic heterocycles. The minimum atomic E-state index is -3.15. The van der Waals surface area contributed by atoms with E-state index in [2.05, 4.69) is 15.3 Å². The van der Waals surface area contributed by atoms with E-state index < -0.39 is 82.8 Å². The summed E-state index contributed by atoms with van der Waals surface area (Å²) in [6.07, 6.45) is -0.842. The Labute approximate surface area is 423 Å². The van der Waals surface area contributed by atoms with Crippen LogP contribution in [0.4, 0.5) is 10.2 Å². The third kappa shape index (κ3) is 13.9. The maximum Gasteiger partial charge on any atom is 0.351 e. The molecule has 17 nitrogen and oxygen atoms in total. The molecule has 14 atom stereocenters. The first kappa shape index (κ1) is 57.8. The number of Topliss-reactive ketones (excluding diaryl/α,β-unsaturated/α-hetero) is 1. The lowest BCUT2D eigenvalue weighted by molar-refractivity contribution is -0.287. The third-order valence-electron chi connectivity index (χ3n) is 14.9. The number of aliphatic imine (C=N–C) groups is 1. The molecule has 1 saturated carbocycles. The second-order valence-electron chi connectivity index (χ2n) is 21.5. The Morgan fingerprint density at radius 2 is 1.80 bits per heavy atom. The summed E-state index contributed by atoms with van der Waals surface area (Å²) < 4.78 is 36.1. The number of oxime groups is 1. The zero-order chi connectivity index (χ0) is 52.7. The van der Waals surface area contributed by atoms with Crippen LogP contribution in [-0.4, -0.2) is 128 Å². The molecule has 5 rings (SSSR count). The monoisotopic (exact) mass is 1010 g/mol. The van der Waals surface area contributed by atoms with Crippen LogP contribution in [0.5, 0.6) is 0 Å². The number of aliphatic hydroxyl groups excluding tert-OH is 1. The first-order chi connectivity index (χ1) is 33.2. The number of cyclic esters (lactones) is 1. The molecular weight excluding hydrogens is 934 g/mol.